The molecule has 1 aliphatic rings. The van der Waals surface area contributed by atoms with Gasteiger partial charge in [0.25, 0.3) is 0 Å². The quantitative estimate of drug-likeness (QED) is 0.868. The molecule has 5 heteroatoms. The fourth-order valence-electron chi connectivity index (χ4n) is 2.53. The van der Waals surface area contributed by atoms with E-state index in [0.29, 0.717) is 16.8 Å². The van der Waals surface area contributed by atoms with E-state index >= 15 is 0 Å². The van der Waals surface area contributed by atoms with Gasteiger partial charge in [-0.15, -0.1) is 0 Å². The minimum absolute atomic E-state index is 0.0433. The molecule has 0 amide bonds. The predicted molar refractivity (Wildman–Crippen MR) is 83.5 cm³/mol. The summed E-state index contributed by atoms with van der Waals surface area (Å²) in [6.45, 7) is 1.54. The first-order valence-electron chi connectivity index (χ1n) is 7.01. The number of ketones is 1. The van der Waals surface area contributed by atoms with Crippen LogP contribution in [0.5, 0.6) is 0 Å². The van der Waals surface area contributed by atoms with E-state index in [1.54, 1.807) is 31.2 Å². The normalized spacial score (nSPS) is 14.4. The SMILES string of the molecule is CC(=NCc1ccc(F)cc1F)C1=C(O)c2ccccc2C1=O. The molecule has 2 aromatic carbocycles. The highest BCUT2D eigenvalue weighted by atomic mass is 19.1. The summed E-state index contributed by atoms with van der Waals surface area (Å²) >= 11 is 0. The predicted octanol–water partition coefficient (Wildman–Crippen LogP) is 4.09. The van der Waals surface area contributed by atoms with E-state index < -0.39 is 11.6 Å². The Bertz CT molecular complexity index is 869. The number of fused-ring (bicyclic) bond motifs is 1. The van der Waals surface area contributed by atoms with Gasteiger partial charge in [0.2, 0.25) is 0 Å². The van der Waals surface area contributed by atoms with E-state index in [2.05, 4.69) is 4.99 Å². The fraction of sp³-hybridized carbons (Fsp3) is 0.111. The van der Waals surface area contributed by atoms with Crippen LogP contribution in [0.3, 0.4) is 0 Å². The molecule has 1 N–H and O–H groups in total. The van der Waals surface area contributed by atoms with Crippen LogP contribution in [0.15, 0.2) is 53.0 Å². The van der Waals surface area contributed by atoms with Gasteiger partial charge in [0, 0.05) is 28.5 Å². The maximum absolute atomic E-state index is 13.6. The summed E-state index contributed by atoms with van der Waals surface area (Å²) in [4.78, 5) is 16.5. The second-order valence-corrected chi connectivity index (χ2v) is 5.24. The van der Waals surface area contributed by atoms with Crippen molar-refractivity contribution < 1.29 is 18.7 Å². The third-order valence-electron chi connectivity index (χ3n) is 3.75. The lowest BCUT2D eigenvalue weighted by Gasteiger charge is -2.04. The van der Waals surface area contributed by atoms with Crippen molar-refractivity contribution in [2.45, 2.75) is 13.5 Å². The Morgan fingerprint density at radius 1 is 1.13 bits per heavy atom. The number of nitrogens with zero attached hydrogens (tertiary/aromatic N) is 1. The summed E-state index contributed by atoms with van der Waals surface area (Å²) in [5.41, 5.74) is 1.53. The highest BCUT2D eigenvalue weighted by molar-refractivity contribution is 6.35. The first kappa shape index (κ1) is 15.1. The summed E-state index contributed by atoms with van der Waals surface area (Å²) in [5.74, 6) is -1.78. The molecular weight excluding hydrogens is 300 g/mol. The summed E-state index contributed by atoms with van der Waals surface area (Å²) in [7, 11) is 0. The maximum atomic E-state index is 13.6. The molecule has 0 aliphatic heterocycles. The first-order valence-corrected chi connectivity index (χ1v) is 7.01. The van der Waals surface area contributed by atoms with Crippen LogP contribution in [-0.4, -0.2) is 16.6 Å². The fourth-order valence-corrected chi connectivity index (χ4v) is 2.53. The molecule has 0 fully saturated rings. The van der Waals surface area contributed by atoms with E-state index in [-0.39, 0.29) is 29.2 Å². The van der Waals surface area contributed by atoms with Crippen LogP contribution >= 0.6 is 0 Å². The number of aliphatic imine (C=N–C) groups is 1. The first-order chi connectivity index (χ1) is 11.0. The highest BCUT2D eigenvalue weighted by Gasteiger charge is 2.30. The van der Waals surface area contributed by atoms with Gasteiger partial charge in [-0.1, -0.05) is 30.3 Å². The molecule has 23 heavy (non-hydrogen) atoms. The van der Waals surface area contributed by atoms with Crippen LogP contribution in [0.2, 0.25) is 0 Å². The molecule has 0 unspecified atom stereocenters. The summed E-state index contributed by atoms with van der Waals surface area (Å²) in [6, 6.07) is 9.97. The molecule has 0 aromatic heterocycles. The van der Waals surface area contributed by atoms with Gasteiger partial charge in [-0.3, -0.25) is 9.79 Å². The Kier molecular flexibility index (Phi) is 3.78. The number of aliphatic hydroxyl groups excluding tert-OH is 1. The van der Waals surface area contributed by atoms with Crippen molar-refractivity contribution in [2.75, 3.05) is 0 Å². The van der Waals surface area contributed by atoms with Gasteiger partial charge in [-0.2, -0.15) is 0 Å². The second-order valence-electron chi connectivity index (χ2n) is 5.24. The van der Waals surface area contributed by atoms with Crippen molar-refractivity contribution in [3.8, 4) is 0 Å². The van der Waals surface area contributed by atoms with Gasteiger partial charge in [0.05, 0.1) is 12.1 Å². The average molecular weight is 313 g/mol. The van der Waals surface area contributed by atoms with E-state index in [1.165, 1.54) is 6.07 Å². The molecule has 1 aliphatic carbocycles. The number of halogens is 2. The molecule has 3 rings (SSSR count). The van der Waals surface area contributed by atoms with Gasteiger partial charge in [0.15, 0.2) is 5.78 Å². The number of Topliss-reactive ketones (excluding diaryl/α,β-unsaturated/α-hetero) is 1. The average Bonchev–Trinajstić information content (AvgIpc) is 2.78. The topological polar surface area (TPSA) is 49.7 Å². The minimum atomic E-state index is -0.694. The number of aliphatic hydroxyl groups is 1. The van der Waals surface area contributed by atoms with Gasteiger partial charge >= 0.3 is 0 Å². The monoisotopic (exact) mass is 313 g/mol. The zero-order valence-corrected chi connectivity index (χ0v) is 12.3. The van der Waals surface area contributed by atoms with Crippen molar-refractivity contribution in [1.82, 2.24) is 0 Å². The van der Waals surface area contributed by atoms with Crippen molar-refractivity contribution in [2.24, 2.45) is 4.99 Å². The Balaban J connectivity index is 1.90. The number of hydrogen-bond donors (Lipinski definition) is 1. The van der Waals surface area contributed by atoms with Crippen molar-refractivity contribution >= 4 is 17.3 Å². The zero-order chi connectivity index (χ0) is 16.6. The van der Waals surface area contributed by atoms with E-state index in [4.69, 9.17) is 0 Å². The molecule has 0 heterocycles. The summed E-state index contributed by atoms with van der Waals surface area (Å²) in [5, 5.41) is 10.2. The maximum Gasteiger partial charge on any atom is 0.199 e. The van der Waals surface area contributed by atoms with Crippen molar-refractivity contribution in [1.29, 1.82) is 0 Å². The van der Waals surface area contributed by atoms with E-state index in [0.717, 1.165) is 12.1 Å². The lowest BCUT2D eigenvalue weighted by Crippen LogP contribution is -2.08. The van der Waals surface area contributed by atoms with Gasteiger partial charge in [-0.25, -0.2) is 8.78 Å². The van der Waals surface area contributed by atoms with Gasteiger partial charge < -0.3 is 5.11 Å². The highest BCUT2D eigenvalue weighted by Crippen LogP contribution is 2.31. The third-order valence-corrected chi connectivity index (χ3v) is 3.75. The number of carbonyl (C=O) groups is 1. The molecular formula is C18H13F2NO2. The molecule has 0 atom stereocenters. The van der Waals surface area contributed by atoms with Gasteiger partial charge in [0.1, 0.15) is 17.4 Å². The molecule has 0 spiro atoms. The van der Waals surface area contributed by atoms with Crippen LogP contribution in [-0.2, 0) is 6.54 Å². The number of hydrogen-bond acceptors (Lipinski definition) is 3. The van der Waals surface area contributed by atoms with Crippen LogP contribution in [0.1, 0.15) is 28.4 Å². The molecule has 2 aromatic rings. The molecule has 3 nitrogen and oxygen atoms in total. The molecule has 0 bridgehead atoms. The number of carbonyl (C=O) groups excluding carboxylic acids is 1. The lowest BCUT2D eigenvalue weighted by atomic mass is 10.1. The Morgan fingerprint density at radius 2 is 1.83 bits per heavy atom. The Hall–Kier alpha value is -2.82. The summed E-state index contributed by atoms with van der Waals surface area (Å²) in [6.07, 6.45) is 0. The van der Waals surface area contributed by atoms with Crippen molar-refractivity contribution in [3.63, 3.8) is 0 Å². The largest absolute Gasteiger partial charge is 0.506 e. The Labute approximate surface area is 131 Å². The molecule has 116 valence electrons. The van der Waals surface area contributed by atoms with Gasteiger partial charge in [-0.05, 0) is 13.0 Å². The molecule has 0 radical (unpaired) electrons. The Morgan fingerprint density at radius 3 is 2.48 bits per heavy atom. The number of benzene rings is 2. The lowest BCUT2D eigenvalue weighted by molar-refractivity contribution is 0.104. The standard InChI is InChI=1S/C18H13F2NO2/c1-10(21-9-11-6-7-12(19)8-15(11)20)16-17(22)13-4-2-3-5-14(13)18(16)23/h2-8,22H,9H2,1H3. The van der Waals surface area contributed by atoms with Crippen LogP contribution in [0.25, 0.3) is 5.76 Å². The van der Waals surface area contributed by atoms with Crippen molar-refractivity contribution in [3.05, 3.63) is 76.4 Å². The zero-order valence-electron chi connectivity index (χ0n) is 12.3. The molecule has 0 saturated heterocycles. The van der Waals surface area contributed by atoms with Crippen LogP contribution in [0.4, 0.5) is 8.78 Å². The number of allylic oxidation sites excluding steroid dienone is 1. The van der Waals surface area contributed by atoms with E-state index in [9.17, 15) is 18.7 Å². The second kappa shape index (κ2) is 5.76. The molecule has 0 saturated carbocycles. The van der Waals surface area contributed by atoms with Crippen LogP contribution < -0.4 is 0 Å². The van der Waals surface area contributed by atoms with Crippen LogP contribution in [0, 0.1) is 11.6 Å². The summed E-state index contributed by atoms with van der Waals surface area (Å²) < 4.78 is 26.5. The number of rotatable bonds is 3. The minimum Gasteiger partial charge on any atom is -0.506 e. The smallest absolute Gasteiger partial charge is 0.199 e. The third kappa shape index (κ3) is 2.65. The van der Waals surface area contributed by atoms with E-state index in [1.807, 2.05) is 0 Å².